The summed E-state index contributed by atoms with van der Waals surface area (Å²) in [6.45, 7) is 5.82. The summed E-state index contributed by atoms with van der Waals surface area (Å²) >= 11 is 0. The summed E-state index contributed by atoms with van der Waals surface area (Å²) < 4.78 is 13.8. The van der Waals surface area contributed by atoms with Gasteiger partial charge in [0.25, 0.3) is 0 Å². The van der Waals surface area contributed by atoms with E-state index in [0.717, 1.165) is 29.5 Å². The Morgan fingerprint density at radius 1 is 0.900 bits per heavy atom. The summed E-state index contributed by atoms with van der Waals surface area (Å²) in [7, 11) is 0. The van der Waals surface area contributed by atoms with Crippen molar-refractivity contribution in [3.63, 3.8) is 0 Å². The van der Waals surface area contributed by atoms with Crippen LogP contribution < -0.4 is 11.1 Å². The fourth-order valence-electron chi connectivity index (χ4n) is 3.60. The number of rotatable bonds is 8. The van der Waals surface area contributed by atoms with Gasteiger partial charge >= 0.3 is 0 Å². The summed E-state index contributed by atoms with van der Waals surface area (Å²) in [6, 6.07) is 20.5. The summed E-state index contributed by atoms with van der Waals surface area (Å²) in [5.41, 5.74) is 11.7. The van der Waals surface area contributed by atoms with E-state index in [1.54, 1.807) is 13.0 Å². The van der Waals surface area contributed by atoms with E-state index in [1.165, 1.54) is 17.2 Å². The van der Waals surface area contributed by atoms with Crippen molar-refractivity contribution in [3.05, 3.63) is 106 Å². The van der Waals surface area contributed by atoms with Gasteiger partial charge in [0.1, 0.15) is 11.9 Å². The summed E-state index contributed by atoms with van der Waals surface area (Å²) in [4.78, 5) is 12.3. The molecule has 30 heavy (non-hydrogen) atoms. The molecule has 0 aliphatic heterocycles. The highest BCUT2D eigenvalue weighted by atomic mass is 19.1. The van der Waals surface area contributed by atoms with Gasteiger partial charge in [0, 0.05) is 6.04 Å². The Kier molecular flexibility index (Phi) is 7.01. The topological polar surface area (TPSA) is 55.1 Å². The molecule has 156 valence electrons. The highest BCUT2D eigenvalue weighted by Crippen LogP contribution is 2.26. The van der Waals surface area contributed by atoms with Crippen LogP contribution in [0.25, 0.3) is 0 Å². The van der Waals surface area contributed by atoms with Crippen molar-refractivity contribution in [1.82, 2.24) is 5.32 Å². The maximum absolute atomic E-state index is 13.8. The lowest BCUT2D eigenvalue weighted by atomic mass is 9.95. The van der Waals surface area contributed by atoms with Gasteiger partial charge in [0.05, 0.1) is 0 Å². The molecule has 0 bridgehead atoms. The fraction of sp³-hybridized carbons (Fsp3) is 0.269. The van der Waals surface area contributed by atoms with Crippen LogP contribution in [0.5, 0.6) is 0 Å². The first-order valence-corrected chi connectivity index (χ1v) is 10.3. The van der Waals surface area contributed by atoms with Crippen molar-refractivity contribution in [1.29, 1.82) is 0 Å². The molecule has 3 aromatic carbocycles. The standard InChI is InChI=1S/C26H29FN2O/c1-17-4-8-20(9-5-17)10-15-24(22-13-14-23(27)19(3)16-22)29-25(26(28)30)21-11-6-18(2)7-12-21/h4-9,11-14,16,24-25,29H,10,15H2,1-3H3,(H2,28,30). The molecule has 0 radical (unpaired) electrons. The molecule has 0 aliphatic rings. The summed E-state index contributed by atoms with van der Waals surface area (Å²) in [5, 5.41) is 3.44. The molecule has 2 atom stereocenters. The molecule has 3 nitrogen and oxygen atoms in total. The van der Waals surface area contributed by atoms with Crippen LogP contribution in [-0.2, 0) is 11.2 Å². The minimum Gasteiger partial charge on any atom is -0.368 e. The number of primary amides is 1. The first kappa shape index (κ1) is 21.7. The summed E-state index contributed by atoms with van der Waals surface area (Å²) in [6.07, 6.45) is 1.58. The number of hydrogen-bond donors (Lipinski definition) is 2. The van der Waals surface area contributed by atoms with E-state index in [9.17, 15) is 9.18 Å². The van der Waals surface area contributed by atoms with Crippen LogP contribution >= 0.6 is 0 Å². The number of carbonyl (C=O) groups is 1. The van der Waals surface area contributed by atoms with E-state index in [0.29, 0.717) is 5.56 Å². The number of benzene rings is 3. The smallest absolute Gasteiger partial charge is 0.239 e. The molecule has 0 saturated heterocycles. The van der Waals surface area contributed by atoms with Crippen LogP contribution in [0.2, 0.25) is 0 Å². The molecule has 0 aliphatic carbocycles. The molecule has 0 spiro atoms. The zero-order valence-electron chi connectivity index (χ0n) is 17.8. The van der Waals surface area contributed by atoms with Gasteiger partial charge in [-0.1, -0.05) is 71.8 Å². The SMILES string of the molecule is Cc1ccc(CCC(NC(C(N)=O)c2ccc(C)cc2)c2ccc(F)c(C)c2)cc1. The molecule has 0 saturated carbocycles. The molecule has 4 heteroatoms. The van der Waals surface area contributed by atoms with Crippen LogP contribution in [0.3, 0.4) is 0 Å². The van der Waals surface area contributed by atoms with Crippen LogP contribution in [0.15, 0.2) is 66.7 Å². The van der Waals surface area contributed by atoms with Crippen molar-refractivity contribution in [3.8, 4) is 0 Å². The van der Waals surface area contributed by atoms with Gasteiger partial charge in [-0.3, -0.25) is 10.1 Å². The zero-order valence-corrected chi connectivity index (χ0v) is 17.8. The van der Waals surface area contributed by atoms with Gasteiger partial charge < -0.3 is 5.73 Å². The number of nitrogens with one attached hydrogen (secondary N) is 1. The van der Waals surface area contributed by atoms with Crippen molar-refractivity contribution < 1.29 is 9.18 Å². The highest BCUT2D eigenvalue weighted by Gasteiger charge is 2.23. The lowest BCUT2D eigenvalue weighted by molar-refractivity contribution is -0.120. The van der Waals surface area contributed by atoms with E-state index < -0.39 is 11.9 Å². The molecule has 2 unspecified atom stereocenters. The molecule has 3 rings (SSSR count). The van der Waals surface area contributed by atoms with Gasteiger partial charge in [-0.2, -0.15) is 0 Å². The van der Waals surface area contributed by atoms with Crippen molar-refractivity contribution in [2.24, 2.45) is 5.73 Å². The predicted octanol–water partition coefficient (Wildman–Crippen LogP) is 5.24. The van der Waals surface area contributed by atoms with Gasteiger partial charge in [-0.05, 0) is 61.9 Å². The van der Waals surface area contributed by atoms with Crippen molar-refractivity contribution >= 4 is 5.91 Å². The van der Waals surface area contributed by atoms with E-state index in [-0.39, 0.29) is 11.9 Å². The number of nitrogens with two attached hydrogens (primary N) is 1. The van der Waals surface area contributed by atoms with Gasteiger partial charge in [-0.25, -0.2) is 4.39 Å². The highest BCUT2D eigenvalue weighted by molar-refractivity contribution is 5.81. The van der Waals surface area contributed by atoms with E-state index >= 15 is 0 Å². The minimum atomic E-state index is -0.626. The maximum atomic E-state index is 13.8. The van der Waals surface area contributed by atoms with E-state index in [4.69, 9.17) is 5.73 Å². The normalized spacial score (nSPS) is 13.1. The number of carbonyl (C=O) groups excluding carboxylic acids is 1. The molecular formula is C26H29FN2O. The number of halogens is 1. The number of amides is 1. The Labute approximate surface area is 178 Å². The Morgan fingerprint density at radius 2 is 1.47 bits per heavy atom. The second-order valence-electron chi connectivity index (χ2n) is 8.00. The van der Waals surface area contributed by atoms with Crippen LogP contribution in [0.1, 0.15) is 51.9 Å². The molecule has 0 aromatic heterocycles. The molecular weight excluding hydrogens is 375 g/mol. The Morgan fingerprint density at radius 3 is 2.03 bits per heavy atom. The number of aryl methyl sites for hydroxylation is 4. The Balaban J connectivity index is 1.88. The van der Waals surface area contributed by atoms with Crippen molar-refractivity contribution in [2.45, 2.75) is 45.7 Å². The first-order chi connectivity index (χ1) is 14.3. The molecule has 3 N–H and O–H groups in total. The minimum absolute atomic E-state index is 0.149. The Hall–Kier alpha value is -2.98. The maximum Gasteiger partial charge on any atom is 0.239 e. The third-order valence-electron chi connectivity index (χ3n) is 5.49. The van der Waals surface area contributed by atoms with Gasteiger partial charge in [-0.15, -0.1) is 0 Å². The van der Waals surface area contributed by atoms with E-state index in [1.807, 2.05) is 37.3 Å². The lowest BCUT2D eigenvalue weighted by Crippen LogP contribution is -2.36. The number of hydrogen-bond acceptors (Lipinski definition) is 2. The van der Waals surface area contributed by atoms with Crippen LogP contribution in [-0.4, -0.2) is 5.91 Å². The second kappa shape index (κ2) is 9.68. The quantitative estimate of drug-likeness (QED) is 0.539. The lowest BCUT2D eigenvalue weighted by Gasteiger charge is -2.25. The predicted molar refractivity (Wildman–Crippen MR) is 120 cm³/mol. The average molecular weight is 405 g/mol. The summed E-state index contributed by atoms with van der Waals surface area (Å²) in [5.74, 6) is -0.668. The van der Waals surface area contributed by atoms with Gasteiger partial charge in [0.15, 0.2) is 0 Å². The largest absolute Gasteiger partial charge is 0.368 e. The Bertz CT molecular complexity index is 997. The van der Waals surface area contributed by atoms with E-state index in [2.05, 4.69) is 36.5 Å². The second-order valence-corrected chi connectivity index (χ2v) is 8.00. The third-order valence-corrected chi connectivity index (χ3v) is 5.49. The molecule has 0 fully saturated rings. The monoisotopic (exact) mass is 404 g/mol. The third kappa shape index (κ3) is 5.55. The molecule has 1 amide bonds. The average Bonchev–Trinajstić information content (AvgIpc) is 2.72. The fourth-order valence-corrected chi connectivity index (χ4v) is 3.60. The molecule has 3 aromatic rings. The van der Waals surface area contributed by atoms with Crippen molar-refractivity contribution in [2.75, 3.05) is 0 Å². The van der Waals surface area contributed by atoms with Crippen LogP contribution in [0, 0.1) is 26.6 Å². The van der Waals surface area contributed by atoms with Crippen LogP contribution in [0.4, 0.5) is 4.39 Å². The first-order valence-electron chi connectivity index (χ1n) is 10.3. The zero-order chi connectivity index (χ0) is 21.7. The molecule has 0 heterocycles. The van der Waals surface area contributed by atoms with Gasteiger partial charge in [0.2, 0.25) is 5.91 Å².